The molecule has 17 heavy (non-hydrogen) atoms. The maximum absolute atomic E-state index is 12.0. The van der Waals surface area contributed by atoms with Crippen LogP contribution >= 0.6 is 23.4 Å². The van der Waals surface area contributed by atoms with E-state index in [1.807, 2.05) is 31.2 Å². The lowest BCUT2D eigenvalue weighted by atomic mass is 10.3. The van der Waals surface area contributed by atoms with Gasteiger partial charge in [0.1, 0.15) is 5.37 Å². The summed E-state index contributed by atoms with van der Waals surface area (Å²) in [6, 6.07) is 7.86. The minimum Gasteiger partial charge on any atom is -0.323 e. The molecule has 0 saturated heterocycles. The molecule has 0 aliphatic carbocycles. The van der Waals surface area contributed by atoms with Crippen LogP contribution in [0.25, 0.3) is 0 Å². The quantitative estimate of drug-likeness (QED) is 0.854. The van der Waals surface area contributed by atoms with Gasteiger partial charge < -0.3 is 5.32 Å². The van der Waals surface area contributed by atoms with E-state index in [2.05, 4.69) is 10.2 Å². The zero-order chi connectivity index (χ0) is 12.3. The third kappa shape index (κ3) is 2.76. The van der Waals surface area contributed by atoms with Crippen molar-refractivity contribution in [1.29, 1.82) is 0 Å². The summed E-state index contributed by atoms with van der Waals surface area (Å²) in [5.41, 5.74) is 0.903. The Kier molecular flexibility index (Phi) is 4.31. The van der Waals surface area contributed by atoms with E-state index in [9.17, 15) is 4.79 Å². The van der Waals surface area contributed by atoms with Gasteiger partial charge in [0.2, 0.25) is 0 Å². The predicted molar refractivity (Wildman–Crippen MR) is 72.7 cm³/mol. The van der Waals surface area contributed by atoms with Crippen LogP contribution in [-0.2, 0) is 4.79 Å². The number of amides is 1. The van der Waals surface area contributed by atoms with Crippen molar-refractivity contribution in [3.8, 4) is 0 Å². The lowest BCUT2D eigenvalue weighted by Crippen LogP contribution is -2.44. The molecule has 3 nitrogen and oxygen atoms in total. The van der Waals surface area contributed by atoms with E-state index in [0.717, 1.165) is 23.7 Å². The van der Waals surface area contributed by atoms with Crippen molar-refractivity contribution in [3.05, 3.63) is 24.3 Å². The van der Waals surface area contributed by atoms with Gasteiger partial charge in [-0.1, -0.05) is 30.8 Å². The number of benzene rings is 1. The lowest BCUT2D eigenvalue weighted by molar-refractivity contribution is -0.118. The van der Waals surface area contributed by atoms with Crippen LogP contribution < -0.4 is 5.32 Å². The van der Waals surface area contributed by atoms with Gasteiger partial charge in [-0.05, 0) is 18.7 Å². The van der Waals surface area contributed by atoms with E-state index < -0.39 is 0 Å². The van der Waals surface area contributed by atoms with Gasteiger partial charge >= 0.3 is 0 Å². The van der Waals surface area contributed by atoms with Crippen LogP contribution in [0.15, 0.2) is 29.2 Å². The van der Waals surface area contributed by atoms with E-state index in [-0.39, 0.29) is 11.3 Å². The minimum atomic E-state index is -0.173. The first-order valence-electron chi connectivity index (χ1n) is 5.62. The summed E-state index contributed by atoms with van der Waals surface area (Å²) in [4.78, 5) is 15.2. The smallest absolute Gasteiger partial charge is 0.252 e. The number of hydrogen-bond donors (Lipinski definition) is 1. The van der Waals surface area contributed by atoms with E-state index >= 15 is 0 Å². The molecule has 0 radical (unpaired) electrons. The Morgan fingerprint density at radius 3 is 2.94 bits per heavy atom. The number of hydrogen-bond acceptors (Lipinski definition) is 3. The van der Waals surface area contributed by atoms with Crippen molar-refractivity contribution >= 4 is 35.0 Å². The second kappa shape index (κ2) is 5.76. The molecule has 1 aliphatic rings. The second-order valence-corrected chi connectivity index (χ2v) is 5.27. The van der Waals surface area contributed by atoms with Crippen molar-refractivity contribution in [2.24, 2.45) is 0 Å². The summed E-state index contributed by atoms with van der Waals surface area (Å²) in [5.74, 6) is 0.584. The summed E-state index contributed by atoms with van der Waals surface area (Å²) in [5, 5.41) is 2.77. The van der Waals surface area contributed by atoms with Crippen LogP contribution in [0, 0.1) is 0 Å². The molecular weight excluding hydrogens is 256 g/mol. The monoisotopic (exact) mass is 270 g/mol. The first-order valence-corrected chi connectivity index (χ1v) is 7.04. The van der Waals surface area contributed by atoms with Crippen molar-refractivity contribution in [3.63, 3.8) is 0 Å². The highest BCUT2D eigenvalue weighted by Crippen LogP contribution is 2.36. The Bertz CT molecular complexity index is 413. The minimum absolute atomic E-state index is 0.0423. The van der Waals surface area contributed by atoms with Gasteiger partial charge in [0.05, 0.1) is 5.69 Å². The molecule has 92 valence electrons. The number of nitrogens with one attached hydrogen (secondary N) is 1. The molecule has 0 spiro atoms. The van der Waals surface area contributed by atoms with Crippen LogP contribution in [0.5, 0.6) is 0 Å². The average molecular weight is 271 g/mol. The number of para-hydroxylation sites is 1. The van der Waals surface area contributed by atoms with Crippen LogP contribution in [-0.4, -0.2) is 35.2 Å². The maximum atomic E-state index is 12.0. The average Bonchev–Trinajstić information content (AvgIpc) is 2.35. The summed E-state index contributed by atoms with van der Waals surface area (Å²) < 4.78 is 0. The number of halogens is 1. The Hall–Kier alpha value is -0.710. The molecule has 2 rings (SSSR count). The molecule has 0 saturated carbocycles. The fraction of sp³-hybridized carbons (Fsp3) is 0.417. The highest BCUT2D eigenvalue weighted by Gasteiger charge is 2.30. The normalized spacial score (nSPS) is 19.0. The highest BCUT2D eigenvalue weighted by atomic mass is 35.5. The first-order chi connectivity index (χ1) is 8.26. The van der Waals surface area contributed by atoms with Gasteiger partial charge in [0.25, 0.3) is 5.91 Å². The molecule has 1 aromatic carbocycles. The molecule has 1 aliphatic heterocycles. The number of alkyl halides is 1. The van der Waals surface area contributed by atoms with Gasteiger partial charge in [-0.2, -0.15) is 0 Å². The van der Waals surface area contributed by atoms with Gasteiger partial charge in [-0.25, -0.2) is 0 Å². The molecule has 0 fully saturated rings. The molecular formula is C12H15ClN2OS. The van der Waals surface area contributed by atoms with Gasteiger partial charge in [0.15, 0.2) is 0 Å². The van der Waals surface area contributed by atoms with Gasteiger partial charge in [-0.3, -0.25) is 9.69 Å². The molecule has 5 heteroatoms. The molecule has 0 aromatic heterocycles. The van der Waals surface area contributed by atoms with Gasteiger partial charge in [0, 0.05) is 17.3 Å². The Morgan fingerprint density at radius 1 is 1.47 bits per heavy atom. The van der Waals surface area contributed by atoms with E-state index in [0.29, 0.717) is 5.88 Å². The number of nitrogens with zero attached hydrogens (tertiary/aromatic N) is 1. The van der Waals surface area contributed by atoms with E-state index in [1.165, 1.54) is 0 Å². The van der Waals surface area contributed by atoms with Crippen molar-refractivity contribution in [1.82, 2.24) is 4.90 Å². The molecule has 1 N–H and O–H groups in total. The maximum Gasteiger partial charge on any atom is 0.252 e. The number of carbonyl (C=O) groups excluding carboxylic acids is 1. The number of likely N-dealkylation sites (N-methyl/N-ethyl adjacent to an activating group) is 1. The molecule has 1 aromatic rings. The zero-order valence-corrected chi connectivity index (χ0v) is 11.2. The summed E-state index contributed by atoms with van der Waals surface area (Å²) in [6.07, 6.45) is 0. The molecule has 1 amide bonds. The standard InChI is InChI=1S/C12H15ClN2OS/c1-2-15(8-7-13)12-11(16)14-9-5-3-4-6-10(9)17-12/h3-6,12H,2,7-8H2,1H3,(H,14,16). The van der Waals surface area contributed by atoms with Crippen molar-refractivity contribution < 1.29 is 4.79 Å². The predicted octanol–water partition coefficient (Wildman–Crippen LogP) is 2.62. The SMILES string of the molecule is CCN(CCCl)C1Sc2ccccc2NC1=O. The molecule has 1 heterocycles. The number of thioether (sulfide) groups is 1. The van der Waals surface area contributed by atoms with Crippen LogP contribution in [0.2, 0.25) is 0 Å². The van der Waals surface area contributed by atoms with Gasteiger partial charge in [-0.15, -0.1) is 11.6 Å². The molecule has 1 unspecified atom stereocenters. The topological polar surface area (TPSA) is 32.3 Å². The zero-order valence-electron chi connectivity index (χ0n) is 9.65. The molecule has 1 atom stereocenters. The number of anilines is 1. The highest BCUT2D eigenvalue weighted by molar-refractivity contribution is 8.00. The second-order valence-electron chi connectivity index (χ2n) is 3.77. The van der Waals surface area contributed by atoms with E-state index in [4.69, 9.17) is 11.6 Å². The largest absolute Gasteiger partial charge is 0.323 e. The number of rotatable bonds is 4. The van der Waals surface area contributed by atoms with E-state index in [1.54, 1.807) is 11.8 Å². The Labute approximate surface area is 111 Å². The number of fused-ring (bicyclic) bond motifs is 1. The van der Waals surface area contributed by atoms with Crippen LogP contribution in [0.4, 0.5) is 5.69 Å². The first kappa shape index (κ1) is 12.7. The lowest BCUT2D eigenvalue weighted by Gasteiger charge is -2.32. The molecule has 0 bridgehead atoms. The fourth-order valence-electron chi connectivity index (χ4n) is 1.83. The van der Waals surface area contributed by atoms with Crippen LogP contribution in [0.3, 0.4) is 0 Å². The van der Waals surface area contributed by atoms with Crippen LogP contribution in [0.1, 0.15) is 6.92 Å². The Morgan fingerprint density at radius 2 is 2.24 bits per heavy atom. The van der Waals surface area contributed by atoms with Crippen molar-refractivity contribution in [2.75, 3.05) is 24.3 Å². The summed E-state index contributed by atoms with van der Waals surface area (Å²) in [6.45, 7) is 3.59. The summed E-state index contributed by atoms with van der Waals surface area (Å²) >= 11 is 7.35. The summed E-state index contributed by atoms with van der Waals surface area (Å²) in [7, 11) is 0. The third-order valence-electron chi connectivity index (χ3n) is 2.72. The number of carbonyl (C=O) groups is 1. The Balaban J connectivity index is 2.19. The van der Waals surface area contributed by atoms with Crippen molar-refractivity contribution in [2.45, 2.75) is 17.2 Å². The third-order valence-corrected chi connectivity index (χ3v) is 4.23. The fourth-order valence-corrected chi connectivity index (χ4v) is 3.26.